The second-order valence-electron chi connectivity index (χ2n) is 8.64. The number of carbonyl (C=O) groups is 2. The van der Waals surface area contributed by atoms with Crippen LogP contribution in [0.15, 0.2) is 36.4 Å². The molecule has 3 amide bonds. The van der Waals surface area contributed by atoms with Crippen molar-refractivity contribution in [3.05, 3.63) is 70.2 Å². The third-order valence-corrected chi connectivity index (χ3v) is 7.55. The number of benzene rings is 2. The summed E-state index contributed by atoms with van der Waals surface area (Å²) < 4.78 is 39.7. The highest BCUT2D eigenvalue weighted by Crippen LogP contribution is 2.32. The van der Waals surface area contributed by atoms with Crippen molar-refractivity contribution < 1.29 is 22.4 Å². The largest absolute Gasteiger partial charge is 0.351 e. The maximum atomic E-state index is 14.2. The molecule has 3 N–H and O–H groups in total. The number of urea groups is 1. The first-order valence-electron chi connectivity index (χ1n) is 10.6. The number of aryl methyl sites for hydroxylation is 1. The molecular weight excluding hydrogens is 461 g/mol. The summed E-state index contributed by atoms with van der Waals surface area (Å²) in [5.41, 5.74) is 9.37. The molecule has 0 fully saturated rings. The zero-order valence-corrected chi connectivity index (χ0v) is 19.2. The number of nitrogens with two attached hydrogens (primary N) is 1. The number of aromatic nitrogens is 2. The molecule has 0 atom stereocenters. The maximum Gasteiger partial charge on any atom is 0.315 e. The maximum absolute atomic E-state index is 14.2. The van der Waals surface area contributed by atoms with Gasteiger partial charge in [-0.25, -0.2) is 17.6 Å². The highest BCUT2D eigenvalue weighted by atomic mass is 32.2. The number of amides is 3. The van der Waals surface area contributed by atoms with Gasteiger partial charge in [-0.1, -0.05) is 6.07 Å². The van der Waals surface area contributed by atoms with Crippen LogP contribution >= 0.6 is 0 Å². The molecule has 3 heterocycles. The number of sulfone groups is 1. The number of primary amides is 1. The Morgan fingerprint density at radius 1 is 1.09 bits per heavy atom. The first kappa shape index (κ1) is 22.1. The fraction of sp³-hybridized carbons (Fsp3) is 0.261. The number of hydrogen-bond donors (Lipinski definition) is 2. The number of hydrogen-bond acceptors (Lipinski definition) is 5. The Labute approximate surface area is 195 Å². The van der Waals surface area contributed by atoms with Crippen LogP contribution in [-0.2, 0) is 34.4 Å². The van der Waals surface area contributed by atoms with Crippen molar-refractivity contribution in [1.29, 1.82) is 0 Å². The second-order valence-corrected chi connectivity index (χ2v) is 10.7. The van der Waals surface area contributed by atoms with Gasteiger partial charge < -0.3 is 16.0 Å². The van der Waals surface area contributed by atoms with Gasteiger partial charge in [0.2, 0.25) is 0 Å². The Morgan fingerprint density at radius 2 is 1.85 bits per heavy atom. The molecule has 0 saturated carbocycles. The molecule has 0 spiro atoms. The normalized spacial score (nSPS) is 16.1. The monoisotopic (exact) mass is 483 g/mol. The molecule has 0 bridgehead atoms. The summed E-state index contributed by atoms with van der Waals surface area (Å²) >= 11 is 0. The van der Waals surface area contributed by atoms with E-state index in [4.69, 9.17) is 5.73 Å². The minimum atomic E-state index is -3.18. The van der Waals surface area contributed by atoms with Crippen molar-refractivity contribution in [3.8, 4) is 11.3 Å². The van der Waals surface area contributed by atoms with Crippen LogP contribution in [0.1, 0.15) is 32.7 Å². The molecule has 2 aliphatic rings. The molecule has 5 rings (SSSR count). The summed E-state index contributed by atoms with van der Waals surface area (Å²) in [5, 5.41) is 7.39. The van der Waals surface area contributed by atoms with E-state index < -0.39 is 27.6 Å². The lowest BCUT2D eigenvalue weighted by molar-refractivity contribution is 0.102. The minimum absolute atomic E-state index is 0.0144. The van der Waals surface area contributed by atoms with Crippen molar-refractivity contribution in [3.63, 3.8) is 0 Å². The number of fused-ring (bicyclic) bond motifs is 2. The average molecular weight is 484 g/mol. The zero-order chi connectivity index (χ0) is 24.2. The molecule has 1 aromatic heterocycles. The van der Waals surface area contributed by atoms with Crippen LogP contribution < -0.4 is 11.1 Å². The van der Waals surface area contributed by atoms with Gasteiger partial charge in [-0.3, -0.25) is 9.48 Å². The lowest BCUT2D eigenvalue weighted by Crippen LogP contribution is -2.42. The van der Waals surface area contributed by atoms with E-state index >= 15 is 0 Å². The van der Waals surface area contributed by atoms with Crippen molar-refractivity contribution in [2.24, 2.45) is 5.73 Å². The molecule has 176 valence electrons. The Bertz CT molecular complexity index is 1440. The summed E-state index contributed by atoms with van der Waals surface area (Å²) in [6.07, 6.45) is 0. The molecule has 0 saturated heterocycles. The fourth-order valence-corrected chi connectivity index (χ4v) is 6.12. The van der Waals surface area contributed by atoms with Crippen molar-refractivity contribution in [2.45, 2.75) is 31.5 Å². The van der Waals surface area contributed by atoms with E-state index in [0.29, 0.717) is 52.4 Å². The predicted molar refractivity (Wildman–Crippen MR) is 123 cm³/mol. The lowest BCUT2D eigenvalue weighted by atomic mass is 10.0. The number of anilines is 1. The van der Waals surface area contributed by atoms with Crippen LogP contribution in [0.3, 0.4) is 0 Å². The fourth-order valence-electron chi connectivity index (χ4n) is 4.52. The Morgan fingerprint density at radius 3 is 2.59 bits per heavy atom. The van der Waals surface area contributed by atoms with Crippen LogP contribution in [0.2, 0.25) is 0 Å². The van der Waals surface area contributed by atoms with Gasteiger partial charge in [0.1, 0.15) is 11.5 Å². The summed E-state index contributed by atoms with van der Waals surface area (Å²) in [5.74, 6) is -1.04. The summed E-state index contributed by atoms with van der Waals surface area (Å²) in [6.45, 7) is 2.51. The Hall–Kier alpha value is -3.73. The quantitative estimate of drug-likeness (QED) is 0.592. The van der Waals surface area contributed by atoms with Gasteiger partial charge in [0, 0.05) is 17.8 Å². The minimum Gasteiger partial charge on any atom is -0.351 e. The molecule has 0 radical (unpaired) electrons. The molecule has 0 unspecified atom stereocenters. The third-order valence-electron chi connectivity index (χ3n) is 6.05. The van der Waals surface area contributed by atoms with E-state index in [1.54, 1.807) is 35.9 Å². The second kappa shape index (κ2) is 7.94. The smallest absolute Gasteiger partial charge is 0.315 e. The van der Waals surface area contributed by atoms with Crippen LogP contribution in [0.5, 0.6) is 0 Å². The van der Waals surface area contributed by atoms with Gasteiger partial charge >= 0.3 is 6.03 Å². The number of halogens is 1. The van der Waals surface area contributed by atoms with Gasteiger partial charge in [-0.15, -0.1) is 0 Å². The van der Waals surface area contributed by atoms with Gasteiger partial charge in [-0.05, 0) is 53.9 Å². The number of carbonyl (C=O) groups excluding carboxylic acids is 2. The molecule has 9 nitrogen and oxygen atoms in total. The summed E-state index contributed by atoms with van der Waals surface area (Å²) in [6, 6.07) is 8.80. The first-order valence-corrected chi connectivity index (χ1v) is 12.5. The molecule has 2 aromatic carbocycles. The standard InChI is InChI=1S/C23H22FN5O4S/c1-13-6-15(8-17(24)7-13)21-20(19-10-28(23(25)31)4-5-29(19)27-21)22(30)26-18-3-2-14-11-34(32,33)12-16(14)9-18/h2-3,6-9H,4-5,10-12H2,1H3,(H2,25,31)(H,26,30). The first-order chi connectivity index (χ1) is 16.1. The SMILES string of the molecule is Cc1cc(F)cc(-c2nn3c(c2C(=O)Nc2ccc4c(c2)CS(=O)(=O)C4)CN(C(N)=O)CC3)c1. The number of nitrogens with one attached hydrogen (secondary N) is 1. The summed E-state index contributed by atoms with van der Waals surface area (Å²) in [4.78, 5) is 26.7. The summed E-state index contributed by atoms with van der Waals surface area (Å²) in [7, 11) is -3.18. The third kappa shape index (κ3) is 4.03. The molecule has 3 aromatic rings. The van der Waals surface area contributed by atoms with Crippen LogP contribution in [0.25, 0.3) is 11.3 Å². The van der Waals surface area contributed by atoms with Crippen LogP contribution in [-0.4, -0.2) is 41.6 Å². The van der Waals surface area contributed by atoms with Crippen molar-refractivity contribution >= 4 is 27.5 Å². The number of rotatable bonds is 3. The van der Waals surface area contributed by atoms with E-state index in [0.717, 1.165) is 0 Å². The Balaban J connectivity index is 1.56. The van der Waals surface area contributed by atoms with Crippen molar-refractivity contribution in [1.82, 2.24) is 14.7 Å². The van der Waals surface area contributed by atoms with Crippen LogP contribution in [0.4, 0.5) is 14.9 Å². The van der Waals surface area contributed by atoms with Gasteiger partial charge in [-0.2, -0.15) is 5.10 Å². The van der Waals surface area contributed by atoms with E-state index in [2.05, 4.69) is 10.4 Å². The van der Waals surface area contributed by atoms with E-state index in [1.165, 1.54) is 17.0 Å². The van der Waals surface area contributed by atoms with E-state index in [9.17, 15) is 22.4 Å². The van der Waals surface area contributed by atoms with E-state index in [-0.39, 0.29) is 23.6 Å². The number of nitrogens with zero attached hydrogens (tertiary/aromatic N) is 3. The highest BCUT2D eigenvalue weighted by Gasteiger charge is 2.31. The molecule has 11 heteroatoms. The van der Waals surface area contributed by atoms with Crippen LogP contribution in [0, 0.1) is 12.7 Å². The Kier molecular flexibility index (Phi) is 5.16. The van der Waals surface area contributed by atoms with Gasteiger partial charge in [0.05, 0.1) is 35.9 Å². The van der Waals surface area contributed by atoms with Gasteiger partial charge in [0.15, 0.2) is 9.84 Å². The lowest BCUT2D eigenvalue weighted by Gasteiger charge is -2.26. The predicted octanol–water partition coefficient (Wildman–Crippen LogP) is 2.57. The highest BCUT2D eigenvalue weighted by molar-refractivity contribution is 7.90. The average Bonchev–Trinajstić information content (AvgIpc) is 3.28. The topological polar surface area (TPSA) is 127 Å². The molecule has 2 aliphatic heterocycles. The van der Waals surface area contributed by atoms with Gasteiger partial charge in [0.25, 0.3) is 5.91 Å². The van der Waals surface area contributed by atoms with E-state index in [1.807, 2.05) is 0 Å². The molecule has 0 aliphatic carbocycles. The molecular formula is C23H22FN5O4S. The zero-order valence-electron chi connectivity index (χ0n) is 18.3. The molecule has 34 heavy (non-hydrogen) atoms. The van der Waals surface area contributed by atoms with Crippen molar-refractivity contribution in [2.75, 3.05) is 11.9 Å².